The molecule has 2 N–H and O–H groups in total. The van der Waals surface area contributed by atoms with Crippen molar-refractivity contribution in [3.8, 4) is 0 Å². The van der Waals surface area contributed by atoms with E-state index in [1.54, 1.807) is 0 Å². The Bertz CT molecular complexity index is 679. The third kappa shape index (κ3) is 2.61. The minimum Gasteiger partial charge on any atom is -0.357 e. The highest BCUT2D eigenvalue weighted by molar-refractivity contribution is 5.80. The van der Waals surface area contributed by atoms with E-state index in [9.17, 15) is 0 Å². The van der Waals surface area contributed by atoms with Crippen molar-refractivity contribution in [1.29, 1.82) is 0 Å². The minimum atomic E-state index is 0.307. The van der Waals surface area contributed by atoms with Gasteiger partial charge >= 0.3 is 0 Å². The lowest BCUT2D eigenvalue weighted by atomic mass is 10.1. The smallest absolute Gasteiger partial charge is 0.0456 e. The predicted molar refractivity (Wildman–Crippen MR) is 84.7 cm³/mol. The summed E-state index contributed by atoms with van der Waals surface area (Å²) in [5.41, 5.74) is 5.13. The van der Waals surface area contributed by atoms with Crippen molar-refractivity contribution in [1.82, 2.24) is 10.3 Å². The third-order valence-electron chi connectivity index (χ3n) is 3.88. The van der Waals surface area contributed by atoms with Gasteiger partial charge in [-0.05, 0) is 42.5 Å². The molecule has 2 nitrogen and oxygen atoms in total. The fourth-order valence-electron chi connectivity index (χ4n) is 2.51. The molecule has 1 atom stereocenters. The molecule has 0 fully saturated rings. The van der Waals surface area contributed by atoms with Crippen LogP contribution < -0.4 is 5.32 Å². The zero-order valence-electron chi connectivity index (χ0n) is 12.0. The molecule has 0 amide bonds. The molecule has 2 aromatic carbocycles. The molecule has 0 saturated carbocycles. The van der Waals surface area contributed by atoms with E-state index in [4.69, 9.17) is 0 Å². The van der Waals surface area contributed by atoms with Gasteiger partial charge in [0, 0.05) is 23.8 Å². The van der Waals surface area contributed by atoms with Crippen molar-refractivity contribution in [3.63, 3.8) is 0 Å². The molecule has 1 unspecified atom stereocenters. The fourth-order valence-corrected chi connectivity index (χ4v) is 2.51. The van der Waals surface area contributed by atoms with Crippen molar-refractivity contribution in [3.05, 3.63) is 71.4 Å². The average molecular weight is 264 g/mol. The molecule has 1 aromatic heterocycles. The zero-order valence-corrected chi connectivity index (χ0v) is 12.0. The topological polar surface area (TPSA) is 27.8 Å². The van der Waals surface area contributed by atoms with Crippen LogP contribution in [0.2, 0.25) is 0 Å². The Morgan fingerprint density at radius 3 is 2.60 bits per heavy atom. The van der Waals surface area contributed by atoms with E-state index in [0.717, 1.165) is 6.54 Å². The lowest BCUT2D eigenvalue weighted by Gasteiger charge is -2.13. The van der Waals surface area contributed by atoms with E-state index in [1.165, 1.54) is 27.7 Å². The third-order valence-corrected chi connectivity index (χ3v) is 3.88. The lowest BCUT2D eigenvalue weighted by Crippen LogP contribution is -2.18. The molecule has 102 valence electrons. The first-order valence-electron chi connectivity index (χ1n) is 7.09. The van der Waals surface area contributed by atoms with Gasteiger partial charge in [0.15, 0.2) is 0 Å². The van der Waals surface area contributed by atoms with Gasteiger partial charge in [0.1, 0.15) is 0 Å². The zero-order chi connectivity index (χ0) is 13.9. The number of hydrogen-bond donors (Lipinski definition) is 2. The number of benzene rings is 2. The SMILES string of the molecule is Cc1ccccc1CNC(C)c1cc2ccccc2[nH]1. The fraction of sp³-hybridized carbons (Fsp3) is 0.222. The number of H-pyrrole nitrogens is 1. The predicted octanol–water partition coefficient (Wildman–Crippen LogP) is 4.33. The Hall–Kier alpha value is -2.06. The van der Waals surface area contributed by atoms with Gasteiger partial charge in [-0.3, -0.25) is 0 Å². The molecule has 0 bridgehead atoms. The standard InChI is InChI=1S/C18H20N2/c1-13-7-3-4-9-16(13)12-19-14(2)18-11-15-8-5-6-10-17(15)20-18/h3-11,14,19-20H,12H2,1-2H3. The van der Waals surface area contributed by atoms with Crippen molar-refractivity contribution in [2.75, 3.05) is 0 Å². The molecule has 0 spiro atoms. The lowest BCUT2D eigenvalue weighted by molar-refractivity contribution is 0.564. The van der Waals surface area contributed by atoms with Crippen LogP contribution in [0.15, 0.2) is 54.6 Å². The number of aromatic amines is 1. The Kier molecular flexibility index (Phi) is 3.57. The van der Waals surface area contributed by atoms with Gasteiger partial charge in [-0.25, -0.2) is 0 Å². The Balaban J connectivity index is 1.73. The van der Waals surface area contributed by atoms with Crippen LogP contribution >= 0.6 is 0 Å². The van der Waals surface area contributed by atoms with Crippen LogP contribution in [0.4, 0.5) is 0 Å². The highest BCUT2D eigenvalue weighted by Crippen LogP contribution is 2.20. The Morgan fingerprint density at radius 2 is 1.80 bits per heavy atom. The molecular weight excluding hydrogens is 244 g/mol. The second kappa shape index (κ2) is 5.51. The number of para-hydroxylation sites is 1. The van der Waals surface area contributed by atoms with E-state index in [2.05, 4.69) is 78.7 Å². The van der Waals surface area contributed by atoms with Crippen molar-refractivity contribution in [2.45, 2.75) is 26.4 Å². The van der Waals surface area contributed by atoms with Crippen molar-refractivity contribution < 1.29 is 0 Å². The highest BCUT2D eigenvalue weighted by Gasteiger charge is 2.08. The first-order valence-corrected chi connectivity index (χ1v) is 7.09. The molecule has 2 heteroatoms. The summed E-state index contributed by atoms with van der Waals surface area (Å²) in [6, 6.07) is 19.4. The number of hydrogen-bond acceptors (Lipinski definition) is 1. The van der Waals surface area contributed by atoms with E-state index >= 15 is 0 Å². The molecule has 0 aliphatic heterocycles. The van der Waals surface area contributed by atoms with Gasteiger partial charge in [-0.2, -0.15) is 0 Å². The summed E-state index contributed by atoms with van der Waals surface area (Å²) in [5.74, 6) is 0. The maximum absolute atomic E-state index is 3.59. The summed E-state index contributed by atoms with van der Waals surface area (Å²) in [6.45, 7) is 5.25. The van der Waals surface area contributed by atoms with E-state index in [-0.39, 0.29) is 0 Å². The molecule has 3 rings (SSSR count). The molecule has 1 heterocycles. The number of nitrogens with one attached hydrogen (secondary N) is 2. The summed E-state index contributed by atoms with van der Waals surface area (Å²) in [7, 11) is 0. The maximum atomic E-state index is 3.59. The summed E-state index contributed by atoms with van der Waals surface area (Å²) >= 11 is 0. The monoisotopic (exact) mass is 264 g/mol. The molecule has 0 aliphatic rings. The number of aromatic nitrogens is 1. The minimum absolute atomic E-state index is 0.307. The quantitative estimate of drug-likeness (QED) is 0.721. The normalized spacial score (nSPS) is 12.7. The van der Waals surface area contributed by atoms with Gasteiger partial charge in [0.2, 0.25) is 0 Å². The van der Waals surface area contributed by atoms with Crippen LogP contribution in [0.3, 0.4) is 0 Å². The van der Waals surface area contributed by atoms with Gasteiger partial charge in [0.25, 0.3) is 0 Å². The van der Waals surface area contributed by atoms with Crippen LogP contribution in [0.25, 0.3) is 10.9 Å². The Morgan fingerprint density at radius 1 is 1.05 bits per heavy atom. The van der Waals surface area contributed by atoms with Crippen LogP contribution in [-0.2, 0) is 6.54 Å². The molecule has 3 aromatic rings. The molecular formula is C18H20N2. The molecule has 0 saturated heterocycles. The van der Waals surface area contributed by atoms with Gasteiger partial charge in [0.05, 0.1) is 0 Å². The van der Waals surface area contributed by atoms with Crippen LogP contribution in [0.1, 0.15) is 29.8 Å². The second-order valence-electron chi connectivity index (χ2n) is 5.34. The summed E-state index contributed by atoms with van der Waals surface area (Å²) < 4.78 is 0. The van der Waals surface area contributed by atoms with E-state index in [0.29, 0.717) is 6.04 Å². The maximum Gasteiger partial charge on any atom is 0.0456 e. The molecule has 0 aliphatic carbocycles. The average Bonchev–Trinajstić information content (AvgIpc) is 2.90. The molecule has 20 heavy (non-hydrogen) atoms. The van der Waals surface area contributed by atoms with E-state index < -0.39 is 0 Å². The largest absolute Gasteiger partial charge is 0.357 e. The number of aryl methyl sites for hydroxylation is 1. The first-order chi connectivity index (χ1) is 9.74. The summed E-state index contributed by atoms with van der Waals surface area (Å²) in [6.07, 6.45) is 0. The van der Waals surface area contributed by atoms with Crippen LogP contribution in [0, 0.1) is 6.92 Å². The first kappa shape index (κ1) is 12.9. The number of fused-ring (bicyclic) bond motifs is 1. The second-order valence-corrected chi connectivity index (χ2v) is 5.34. The number of rotatable bonds is 4. The summed E-state index contributed by atoms with van der Waals surface area (Å²) in [5, 5.41) is 4.86. The van der Waals surface area contributed by atoms with Gasteiger partial charge in [-0.15, -0.1) is 0 Å². The highest BCUT2D eigenvalue weighted by atomic mass is 14.9. The van der Waals surface area contributed by atoms with Gasteiger partial charge in [-0.1, -0.05) is 42.5 Å². The van der Waals surface area contributed by atoms with Crippen LogP contribution in [-0.4, -0.2) is 4.98 Å². The molecule has 0 radical (unpaired) electrons. The Labute approximate surface area is 119 Å². The summed E-state index contributed by atoms with van der Waals surface area (Å²) in [4.78, 5) is 3.48. The van der Waals surface area contributed by atoms with Crippen molar-refractivity contribution >= 4 is 10.9 Å². The van der Waals surface area contributed by atoms with Crippen molar-refractivity contribution in [2.24, 2.45) is 0 Å². The van der Waals surface area contributed by atoms with E-state index in [1.807, 2.05) is 0 Å². The van der Waals surface area contributed by atoms with Gasteiger partial charge < -0.3 is 10.3 Å². The van der Waals surface area contributed by atoms with Crippen LogP contribution in [0.5, 0.6) is 0 Å².